The third-order valence-electron chi connectivity index (χ3n) is 4.26. The molecule has 1 aliphatic rings. The highest BCUT2D eigenvalue weighted by molar-refractivity contribution is 7.36. The van der Waals surface area contributed by atoms with E-state index in [1.54, 1.807) is 13.8 Å². The van der Waals surface area contributed by atoms with Crippen LogP contribution in [0.5, 0.6) is 0 Å². The van der Waals surface area contributed by atoms with E-state index in [1.165, 1.54) is 6.92 Å². The van der Waals surface area contributed by atoms with E-state index in [1.807, 2.05) is 4.98 Å². The molecule has 1 unspecified atom stereocenters. The van der Waals surface area contributed by atoms with Crippen LogP contribution in [-0.4, -0.2) is 62.0 Å². The minimum absolute atomic E-state index is 0.396. The number of halogens is 1. The van der Waals surface area contributed by atoms with Crippen molar-refractivity contribution in [3.8, 4) is 0 Å². The molecule has 1 aromatic rings. The van der Waals surface area contributed by atoms with Crippen molar-refractivity contribution in [2.24, 2.45) is 0 Å². The molecule has 0 aliphatic carbocycles. The second kappa shape index (κ2) is 9.00. The van der Waals surface area contributed by atoms with Crippen LogP contribution in [-0.2, 0) is 23.4 Å². The number of ether oxygens (including phenoxy) is 2. The molecule has 0 saturated carbocycles. The second-order valence-electron chi connectivity index (χ2n) is 7.27. The van der Waals surface area contributed by atoms with E-state index in [0.29, 0.717) is 4.57 Å². The van der Waals surface area contributed by atoms with Crippen LogP contribution in [0.25, 0.3) is 0 Å². The van der Waals surface area contributed by atoms with Crippen molar-refractivity contribution in [1.29, 1.82) is 0 Å². The van der Waals surface area contributed by atoms with E-state index < -0.39 is 67.9 Å². The maximum Gasteiger partial charge on any atom is 0.614 e. The molecule has 0 radical (unpaired) electrons. The van der Waals surface area contributed by atoms with Gasteiger partial charge in [-0.1, -0.05) is 5.09 Å². The molecule has 2 heterocycles. The summed E-state index contributed by atoms with van der Waals surface area (Å²) in [5.74, 6) is -3.76. The summed E-state index contributed by atoms with van der Waals surface area (Å²) in [6.07, 6.45) is -3.37. The molecule has 1 aliphatic heterocycles. The average molecular weight is 452 g/mol. The van der Waals surface area contributed by atoms with Crippen LogP contribution in [0.15, 0.2) is 21.9 Å². The Balaban J connectivity index is 2.08. The summed E-state index contributed by atoms with van der Waals surface area (Å²) < 4.78 is 42.7. The van der Waals surface area contributed by atoms with E-state index >= 15 is 4.39 Å². The molecule has 12 nitrogen and oxygen atoms in total. The second-order valence-corrected chi connectivity index (χ2v) is 8.30. The number of aliphatic hydroxyl groups excluding tert-OH is 1. The number of H-pyrrole nitrogens is 1. The maximum absolute atomic E-state index is 15.2. The number of nitrogens with zero attached hydrogens (tertiary/aromatic N) is 1. The number of carbonyl (C=O) groups excluding carboxylic acids is 1. The Morgan fingerprint density at radius 3 is 2.67 bits per heavy atom. The van der Waals surface area contributed by atoms with Crippen molar-refractivity contribution in [3.05, 3.63) is 33.1 Å². The van der Waals surface area contributed by atoms with Gasteiger partial charge in [0.05, 0.1) is 6.10 Å². The first-order valence-electron chi connectivity index (χ1n) is 8.93. The summed E-state index contributed by atoms with van der Waals surface area (Å²) in [5.41, 5.74) is -4.04. The summed E-state index contributed by atoms with van der Waals surface area (Å²) in [7, 11) is -2.78. The molecule has 1 aromatic heterocycles. The van der Waals surface area contributed by atoms with E-state index in [9.17, 15) is 29.2 Å². The lowest BCUT2D eigenvalue weighted by molar-refractivity contribution is -0.202. The third-order valence-corrected chi connectivity index (χ3v) is 5.22. The molecule has 168 valence electrons. The normalized spacial score (nSPS) is 30.3. The van der Waals surface area contributed by atoms with Crippen molar-refractivity contribution in [2.75, 3.05) is 6.61 Å². The fraction of sp³-hybridized carbons (Fsp3) is 0.688. The van der Waals surface area contributed by atoms with E-state index in [-0.39, 0.29) is 0 Å². The molecule has 0 bridgehead atoms. The van der Waals surface area contributed by atoms with Crippen molar-refractivity contribution in [2.45, 2.75) is 63.6 Å². The van der Waals surface area contributed by atoms with Crippen LogP contribution in [0.2, 0.25) is 0 Å². The first kappa shape index (κ1) is 24.3. The molecular formula is C16H24FN3O9P+. The van der Waals surface area contributed by atoms with Gasteiger partial charge in [-0.2, -0.15) is 0 Å². The van der Waals surface area contributed by atoms with Gasteiger partial charge in [0.25, 0.3) is 11.4 Å². The molecule has 14 heteroatoms. The zero-order valence-corrected chi connectivity index (χ0v) is 17.6. The SMILES string of the molecule is CC(C)OC(=O)[C@H](C)N[P+](=O)OC[C@@]1(F)O[C@@H](n2ccc(=O)[nH]c2=O)[C@](C)(O)[C@@H]1O. The molecule has 0 amide bonds. The number of esters is 1. The zero-order chi connectivity index (χ0) is 22.9. The van der Waals surface area contributed by atoms with E-state index in [0.717, 1.165) is 19.2 Å². The Bertz CT molecular complexity index is 918. The number of aliphatic hydroxyl groups is 2. The van der Waals surface area contributed by atoms with Gasteiger partial charge >= 0.3 is 19.8 Å². The van der Waals surface area contributed by atoms with Crippen LogP contribution in [0.4, 0.5) is 4.39 Å². The number of hydrogen-bond acceptors (Lipinski definition) is 9. The third kappa shape index (κ3) is 5.17. The van der Waals surface area contributed by atoms with Crippen molar-refractivity contribution < 1.29 is 38.0 Å². The Kier molecular flexibility index (Phi) is 7.28. The topological polar surface area (TPSA) is 169 Å². The van der Waals surface area contributed by atoms with Crippen molar-refractivity contribution >= 4 is 14.1 Å². The average Bonchev–Trinajstić information content (AvgIpc) is 2.80. The first-order chi connectivity index (χ1) is 13.8. The molecule has 1 saturated heterocycles. The van der Waals surface area contributed by atoms with Crippen LogP contribution in [0.3, 0.4) is 0 Å². The van der Waals surface area contributed by atoms with Crippen molar-refractivity contribution in [3.63, 3.8) is 0 Å². The largest absolute Gasteiger partial charge is 0.614 e. The number of alkyl halides is 1. The number of carbonyl (C=O) groups is 1. The quantitative estimate of drug-likeness (QED) is 0.296. The van der Waals surface area contributed by atoms with Gasteiger partial charge in [-0.3, -0.25) is 19.1 Å². The molecule has 2 rings (SSSR count). The lowest BCUT2D eigenvalue weighted by Crippen LogP contribution is -2.50. The zero-order valence-electron chi connectivity index (χ0n) is 16.7. The standard InChI is InChI=1S/C16H23FN3O9P/c1-8(2)28-11(22)9(3)19-30(26)27-7-16(17)12(23)15(4,25)13(29-16)20-6-5-10(21)18-14(20)24/h5-6,8-9,12-13,23,25H,7H2,1-4H3,(H-,18,19,21,24,26)/p+1/t9-,12-,13+,15+,16+/m0/s1. The molecular weight excluding hydrogens is 428 g/mol. The van der Waals surface area contributed by atoms with Gasteiger partial charge in [0.1, 0.15) is 17.7 Å². The van der Waals surface area contributed by atoms with Gasteiger partial charge in [0.2, 0.25) is 0 Å². The first-order valence-corrected chi connectivity index (χ1v) is 10.1. The smallest absolute Gasteiger partial charge is 0.462 e. The minimum Gasteiger partial charge on any atom is -0.462 e. The summed E-state index contributed by atoms with van der Waals surface area (Å²) >= 11 is 0. The Morgan fingerprint density at radius 2 is 2.10 bits per heavy atom. The molecule has 30 heavy (non-hydrogen) atoms. The molecule has 6 atom stereocenters. The van der Waals surface area contributed by atoms with Gasteiger partial charge in [0, 0.05) is 12.3 Å². The Morgan fingerprint density at radius 1 is 1.47 bits per heavy atom. The predicted molar refractivity (Wildman–Crippen MR) is 99.3 cm³/mol. The molecule has 1 fully saturated rings. The number of rotatable bonds is 8. The lowest BCUT2D eigenvalue weighted by atomic mass is 9.95. The highest BCUT2D eigenvalue weighted by atomic mass is 31.1. The van der Waals surface area contributed by atoms with Gasteiger partial charge in [0.15, 0.2) is 12.8 Å². The maximum atomic E-state index is 15.2. The molecule has 4 N–H and O–H groups in total. The van der Waals surface area contributed by atoms with Crippen LogP contribution >= 0.6 is 8.18 Å². The highest BCUT2D eigenvalue weighted by Crippen LogP contribution is 2.45. The molecule has 0 aromatic carbocycles. The van der Waals surface area contributed by atoms with Crippen LogP contribution < -0.4 is 16.3 Å². The van der Waals surface area contributed by atoms with Crippen molar-refractivity contribution in [1.82, 2.24) is 14.6 Å². The van der Waals surface area contributed by atoms with Gasteiger partial charge in [-0.25, -0.2) is 9.18 Å². The van der Waals surface area contributed by atoms with Gasteiger partial charge < -0.3 is 19.7 Å². The minimum atomic E-state index is -3.06. The summed E-state index contributed by atoms with van der Waals surface area (Å²) in [6.45, 7) is 4.53. The fourth-order valence-corrected chi connectivity index (χ4v) is 3.52. The predicted octanol–water partition coefficient (Wildman–Crippen LogP) is -0.553. The van der Waals surface area contributed by atoms with Gasteiger partial charge in [-0.05, 0) is 32.3 Å². The summed E-state index contributed by atoms with van der Waals surface area (Å²) in [6, 6.07) is -0.0861. The van der Waals surface area contributed by atoms with E-state index in [4.69, 9.17) is 14.0 Å². The number of aromatic amines is 1. The molecule has 0 spiro atoms. The Labute approximate surface area is 170 Å². The highest BCUT2D eigenvalue weighted by Gasteiger charge is 2.64. The van der Waals surface area contributed by atoms with Gasteiger partial charge in [-0.15, -0.1) is 4.52 Å². The fourth-order valence-electron chi connectivity index (χ4n) is 2.73. The number of hydrogen-bond donors (Lipinski definition) is 4. The summed E-state index contributed by atoms with van der Waals surface area (Å²) in [5, 5.41) is 23.0. The number of aromatic nitrogens is 2. The Hall–Kier alpha value is -2.02. The monoisotopic (exact) mass is 452 g/mol. The number of nitrogens with one attached hydrogen (secondary N) is 2. The summed E-state index contributed by atoms with van der Waals surface area (Å²) in [4.78, 5) is 36.8. The van der Waals surface area contributed by atoms with E-state index in [2.05, 4.69) is 5.09 Å². The lowest BCUT2D eigenvalue weighted by Gasteiger charge is -2.27. The van der Waals surface area contributed by atoms with Crippen LogP contribution in [0.1, 0.15) is 33.9 Å². The van der Waals surface area contributed by atoms with Crippen LogP contribution in [0, 0.1) is 0 Å².